The summed E-state index contributed by atoms with van der Waals surface area (Å²) in [7, 11) is 0. The molecule has 0 bridgehead atoms. The number of aliphatic hydroxyl groups excluding tert-OH is 1. The van der Waals surface area contributed by atoms with E-state index < -0.39 is 42.1 Å². The highest BCUT2D eigenvalue weighted by molar-refractivity contribution is 5.91. The van der Waals surface area contributed by atoms with E-state index in [0.717, 1.165) is 5.57 Å². The van der Waals surface area contributed by atoms with Crippen molar-refractivity contribution in [1.29, 1.82) is 0 Å². The summed E-state index contributed by atoms with van der Waals surface area (Å²) in [5.41, 5.74) is 1.23. The third-order valence-electron chi connectivity index (χ3n) is 4.50. The van der Waals surface area contributed by atoms with Gasteiger partial charge < -0.3 is 14.6 Å². The topological polar surface area (TPSA) is 89.9 Å². The van der Waals surface area contributed by atoms with E-state index in [1.54, 1.807) is 26.0 Å². The van der Waals surface area contributed by atoms with E-state index >= 15 is 0 Å². The number of fused-ring (bicyclic) bond motifs is 1. The van der Waals surface area contributed by atoms with Crippen molar-refractivity contribution < 1.29 is 29.0 Å². The summed E-state index contributed by atoms with van der Waals surface area (Å²) in [5, 5.41) is 10.7. The highest BCUT2D eigenvalue weighted by Crippen LogP contribution is 2.36. The number of hydrogen-bond acceptors (Lipinski definition) is 6. The fourth-order valence-corrected chi connectivity index (χ4v) is 2.99. The van der Waals surface area contributed by atoms with E-state index in [2.05, 4.69) is 6.58 Å². The van der Waals surface area contributed by atoms with Crippen LogP contribution in [0.4, 0.5) is 0 Å². The average molecular weight is 348 g/mol. The normalized spacial score (nSPS) is 34.3. The summed E-state index contributed by atoms with van der Waals surface area (Å²) in [6.07, 6.45) is 2.01. The number of carbonyl (C=O) groups excluding carboxylic acids is 3. The minimum absolute atomic E-state index is 0.125. The number of rotatable bonds is 3. The van der Waals surface area contributed by atoms with Crippen LogP contribution in [0.1, 0.15) is 33.6 Å². The van der Waals surface area contributed by atoms with Crippen molar-refractivity contribution in [3.8, 4) is 0 Å². The molecule has 6 nitrogen and oxygen atoms in total. The third-order valence-corrected chi connectivity index (χ3v) is 4.50. The van der Waals surface area contributed by atoms with Crippen LogP contribution in [-0.2, 0) is 23.9 Å². The van der Waals surface area contributed by atoms with Crippen molar-refractivity contribution in [2.24, 2.45) is 11.8 Å². The second-order valence-corrected chi connectivity index (χ2v) is 6.80. The summed E-state index contributed by atoms with van der Waals surface area (Å²) >= 11 is 0. The van der Waals surface area contributed by atoms with E-state index in [0.29, 0.717) is 19.1 Å². The number of carbonyl (C=O) groups is 3. The zero-order chi connectivity index (χ0) is 18.7. The van der Waals surface area contributed by atoms with Crippen LogP contribution >= 0.6 is 0 Å². The van der Waals surface area contributed by atoms with Gasteiger partial charge in [-0.25, -0.2) is 4.79 Å². The number of aldehydes is 1. The van der Waals surface area contributed by atoms with Gasteiger partial charge in [-0.15, -0.1) is 0 Å². The number of ether oxygens (including phenoxy) is 2. The molecule has 0 aromatic heterocycles. The van der Waals surface area contributed by atoms with E-state index in [1.807, 2.05) is 6.92 Å². The van der Waals surface area contributed by atoms with E-state index in [-0.39, 0.29) is 11.1 Å². The minimum atomic E-state index is -1.36. The van der Waals surface area contributed by atoms with Crippen LogP contribution in [0.3, 0.4) is 0 Å². The van der Waals surface area contributed by atoms with E-state index in [9.17, 15) is 19.5 Å². The first-order chi connectivity index (χ1) is 11.8. The molecule has 0 saturated carbocycles. The molecule has 4 atom stereocenters. The molecular weight excluding hydrogens is 324 g/mol. The van der Waals surface area contributed by atoms with Gasteiger partial charge in [0.2, 0.25) is 0 Å². The largest absolute Gasteiger partial charge is 0.458 e. The highest BCUT2D eigenvalue weighted by atomic mass is 16.6. The van der Waals surface area contributed by atoms with Gasteiger partial charge in [-0.2, -0.15) is 0 Å². The predicted octanol–water partition coefficient (Wildman–Crippen LogP) is 1.88. The summed E-state index contributed by atoms with van der Waals surface area (Å²) in [5.74, 6) is -2.29. The van der Waals surface area contributed by atoms with Crippen molar-refractivity contribution in [3.63, 3.8) is 0 Å². The molecule has 1 saturated heterocycles. The Labute approximate surface area is 147 Å². The van der Waals surface area contributed by atoms with Gasteiger partial charge in [-0.3, -0.25) is 9.59 Å². The quantitative estimate of drug-likeness (QED) is 0.362. The summed E-state index contributed by atoms with van der Waals surface area (Å²) < 4.78 is 10.8. The van der Waals surface area contributed by atoms with Gasteiger partial charge in [-0.05, 0) is 25.8 Å². The second-order valence-electron chi connectivity index (χ2n) is 6.80. The van der Waals surface area contributed by atoms with Gasteiger partial charge in [-0.1, -0.05) is 32.1 Å². The van der Waals surface area contributed by atoms with Crippen molar-refractivity contribution in [2.45, 2.75) is 51.9 Å². The Bertz CT molecular complexity index is 642. The lowest BCUT2D eigenvalue weighted by atomic mass is 9.83. The molecular formula is C19H24O6. The summed E-state index contributed by atoms with van der Waals surface area (Å²) in [4.78, 5) is 35.6. The number of allylic oxidation sites excluding steroid dienone is 2. The average Bonchev–Trinajstić information content (AvgIpc) is 2.82. The molecule has 0 unspecified atom stereocenters. The Hall–Kier alpha value is -2.21. The summed E-state index contributed by atoms with van der Waals surface area (Å²) in [6, 6.07) is 0. The number of esters is 2. The standard InChI is InChI=1S/C19H24O6/c1-10(2)18(22)25-17-15-12(4)19(23)24-14(15)8-11(3)6-5-7-13(9-20)16(17)21/h7-10,14-17,21H,4-6H2,1-3H3/b11-8+,13-7+/t14-,15+,16-,17+/m1/s1. The van der Waals surface area contributed by atoms with Crippen LogP contribution in [0.15, 0.2) is 35.5 Å². The molecule has 25 heavy (non-hydrogen) atoms. The van der Waals surface area contributed by atoms with E-state index in [4.69, 9.17) is 9.47 Å². The molecule has 0 spiro atoms. The van der Waals surface area contributed by atoms with Crippen molar-refractivity contribution >= 4 is 18.2 Å². The van der Waals surface area contributed by atoms with Gasteiger partial charge in [0.15, 0.2) is 0 Å². The van der Waals surface area contributed by atoms with Gasteiger partial charge >= 0.3 is 11.9 Å². The predicted molar refractivity (Wildman–Crippen MR) is 90.4 cm³/mol. The Morgan fingerprint density at radius 1 is 1.48 bits per heavy atom. The maximum atomic E-state index is 12.1. The molecule has 1 aliphatic heterocycles. The van der Waals surface area contributed by atoms with Crippen LogP contribution in [0.2, 0.25) is 0 Å². The number of aliphatic hydroxyl groups is 1. The monoisotopic (exact) mass is 348 g/mol. The van der Waals surface area contributed by atoms with Crippen LogP contribution in [0.25, 0.3) is 0 Å². The Kier molecular flexibility index (Phi) is 5.95. The molecule has 136 valence electrons. The maximum absolute atomic E-state index is 12.1. The molecule has 6 heteroatoms. The zero-order valence-electron chi connectivity index (χ0n) is 14.7. The van der Waals surface area contributed by atoms with Crippen LogP contribution in [0, 0.1) is 11.8 Å². The Balaban J connectivity index is 2.50. The molecule has 1 heterocycles. The molecule has 2 aliphatic rings. The molecule has 0 amide bonds. The van der Waals surface area contributed by atoms with Crippen molar-refractivity contribution in [1.82, 2.24) is 0 Å². The molecule has 1 N–H and O–H groups in total. The first-order valence-electron chi connectivity index (χ1n) is 8.37. The third kappa shape index (κ3) is 4.07. The fourth-order valence-electron chi connectivity index (χ4n) is 2.99. The number of hydrogen-bond donors (Lipinski definition) is 1. The maximum Gasteiger partial charge on any atom is 0.334 e. The van der Waals surface area contributed by atoms with Crippen LogP contribution in [-0.4, -0.2) is 41.6 Å². The first kappa shape index (κ1) is 19.1. The van der Waals surface area contributed by atoms with Crippen LogP contribution < -0.4 is 0 Å². The molecule has 1 aliphatic carbocycles. The smallest absolute Gasteiger partial charge is 0.334 e. The SMILES string of the molecule is C=C1C(=O)O[C@@H]2/C=C(\C)CC/C=C(\C=O)[C@@H](O)[C@@H](OC(=O)C(C)C)[C@@H]12. The van der Waals surface area contributed by atoms with Crippen molar-refractivity contribution in [2.75, 3.05) is 0 Å². The van der Waals surface area contributed by atoms with Crippen LogP contribution in [0.5, 0.6) is 0 Å². The van der Waals surface area contributed by atoms with Gasteiger partial charge in [0.05, 0.1) is 11.8 Å². The van der Waals surface area contributed by atoms with Crippen molar-refractivity contribution in [3.05, 3.63) is 35.5 Å². The lowest BCUT2D eigenvalue weighted by Gasteiger charge is -2.31. The van der Waals surface area contributed by atoms with Gasteiger partial charge in [0.25, 0.3) is 0 Å². The van der Waals surface area contributed by atoms with Gasteiger partial charge in [0.1, 0.15) is 24.6 Å². The Morgan fingerprint density at radius 3 is 2.76 bits per heavy atom. The fraction of sp³-hybridized carbons (Fsp3) is 0.526. The molecule has 0 aromatic rings. The lowest BCUT2D eigenvalue weighted by molar-refractivity contribution is -0.162. The first-order valence-corrected chi connectivity index (χ1v) is 8.37. The molecule has 1 fully saturated rings. The molecule has 2 rings (SSSR count). The summed E-state index contributed by atoms with van der Waals surface area (Å²) in [6.45, 7) is 8.97. The second kappa shape index (κ2) is 7.78. The molecule has 0 radical (unpaired) electrons. The van der Waals surface area contributed by atoms with Gasteiger partial charge in [0, 0.05) is 11.1 Å². The Morgan fingerprint density at radius 2 is 2.16 bits per heavy atom. The highest BCUT2D eigenvalue weighted by Gasteiger charge is 2.48. The molecule has 0 aromatic carbocycles. The van der Waals surface area contributed by atoms with E-state index in [1.165, 1.54) is 0 Å². The zero-order valence-corrected chi connectivity index (χ0v) is 14.7. The lowest BCUT2D eigenvalue weighted by Crippen LogP contribution is -2.43. The minimum Gasteiger partial charge on any atom is -0.458 e.